The Balaban J connectivity index is 0.000000640. The number of carboxylic acid groups (broad SMARTS) is 1. The summed E-state index contributed by atoms with van der Waals surface area (Å²) < 4.78 is 0.889. The van der Waals surface area contributed by atoms with Crippen molar-refractivity contribution in [1.82, 2.24) is 9.84 Å². The van der Waals surface area contributed by atoms with Crippen LogP contribution in [0.4, 0.5) is 4.79 Å². The molecule has 0 radical (unpaired) electrons. The van der Waals surface area contributed by atoms with E-state index in [1.54, 1.807) is 5.41 Å². The monoisotopic (exact) mass is 170 g/mol. The Hall–Kier alpha value is 0.796. The van der Waals surface area contributed by atoms with Gasteiger partial charge in [0.25, 0.3) is 0 Å². The van der Waals surface area contributed by atoms with E-state index in [1.165, 1.54) is 6.20 Å². The van der Waals surface area contributed by atoms with Crippen LogP contribution in [0.2, 0.25) is 0 Å². The van der Waals surface area contributed by atoms with Gasteiger partial charge in [0, 0.05) is 23.6 Å². The molecule has 0 aromatic carbocycles. The minimum atomic E-state index is -1.24. The van der Waals surface area contributed by atoms with Crippen LogP contribution in [0, 0.1) is 0 Å². The first-order valence-corrected chi connectivity index (χ1v) is 2.73. The summed E-state index contributed by atoms with van der Waals surface area (Å²) in [4.78, 5) is 9.89. The van der Waals surface area contributed by atoms with Gasteiger partial charge in [-0.2, -0.15) is 0 Å². The Morgan fingerprint density at radius 2 is 2.44 bits per heavy atom. The minimum absolute atomic E-state index is 0. The van der Waals surface area contributed by atoms with E-state index in [1.807, 2.05) is 0 Å². The van der Waals surface area contributed by atoms with Crippen molar-refractivity contribution in [3.8, 4) is 0 Å². The predicted molar refractivity (Wildman–Crippen MR) is 27.1 cm³/mol. The van der Waals surface area contributed by atoms with E-state index in [0.29, 0.717) is 0 Å². The summed E-state index contributed by atoms with van der Waals surface area (Å²) in [5.74, 6) is 0. The molecule has 1 rings (SSSR count). The smallest absolute Gasteiger partial charge is 0.528 e. The second-order valence-electron chi connectivity index (χ2n) is 1.10. The zero-order chi connectivity index (χ0) is 5.98. The van der Waals surface area contributed by atoms with E-state index in [0.717, 1.165) is 16.4 Å². The quantitative estimate of drug-likeness (QED) is 0.300. The molecule has 0 aliphatic carbocycles. The minimum Gasteiger partial charge on any atom is -0.528 e. The standard InChI is InChI=1S/C3H4N2O2S.K/c6-3(7)5-4-1-2-8-5;/h1-2,4H,(H,6,7);/q;+1/p-1. The molecule has 0 bridgehead atoms. The summed E-state index contributed by atoms with van der Waals surface area (Å²) in [5, 5.41) is 11.5. The van der Waals surface area contributed by atoms with Gasteiger partial charge in [0.2, 0.25) is 0 Å². The number of rotatable bonds is 0. The van der Waals surface area contributed by atoms with Gasteiger partial charge in [0.15, 0.2) is 6.09 Å². The van der Waals surface area contributed by atoms with Crippen molar-refractivity contribution < 1.29 is 61.3 Å². The predicted octanol–water partition coefficient (Wildman–Crippen LogP) is -3.73. The van der Waals surface area contributed by atoms with Crippen LogP contribution in [-0.4, -0.2) is 10.5 Å². The number of hydrogen-bond acceptors (Lipinski definition) is 4. The fourth-order valence-corrected chi connectivity index (χ4v) is 0.767. The molecule has 0 aromatic rings. The van der Waals surface area contributed by atoms with E-state index >= 15 is 0 Å². The van der Waals surface area contributed by atoms with Crippen LogP contribution < -0.4 is 61.9 Å². The number of nitrogens with zero attached hydrogens (tertiary/aromatic N) is 1. The SMILES string of the molecule is O=C([O-])N1NC=CS1.[K+]. The fourth-order valence-electron chi connectivity index (χ4n) is 0.316. The van der Waals surface area contributed by atoms with Gasteiger partial charge >= 0.3 is 51.4 Å². The van der Waals surface area contributed by atoms with Crippen LogP contribution in [-0.2, 0) is 0 Å². The molecule has 1 heterocycles. The summed E-state index contributed by atoms with van der Waals surface area (Å²) in [6.07, 6.45) is 0.278. The number of hydrogen-bond donors (Lipinski definition) is 1. The molecule has 0 spiro atoms. The second-order valence-corrected chi connectivity index (χ2v) is 1.95. The second kappa shape index (κ2) is 4.59. The molecule has 1 aliphatic heterocycles. The molecule has 1 aliphatic rings. The molecule has 0 unspecified atom stereocenters. The summed E-state index contributed by atoms with van der Waals surface area (Å²) in [5.41, 5.74) is 2.41. The number of amides is 1. The van der Waals surface area contributed by atoms with Crippen molar-refractivity contribution in [3.05, 3.63) is 11.6 Å². The third-order valence-corrected chi connectivity index (χ3v) is 1.32. The molecule has 9 heavy (non-hydrogen) atoms. The van der Waals surface area contributed by atoms with E-state index in [-0.39, 0.29) is 51.4 Å². The Kier molecular flexibility index (Phi) is 4.99. The van der Waals surface area contributed by atoms with Gasteiger partial charge in [-0.25, -0.2) is 4.41 Å². The van der Waals surface area contributed by atoms with Gasteiger partial charge in [-0.3, -0.25) is 5.43 Å². The number of carbonyl (C=O) groups excluding carboxylic acids is 1. The molecular formula is C3H3KN2O2S. The molecular weight excluding hydrogens is 167 g/mol. The zero-order valence-electron chi connectivity index (χ0n) is 4.83. The molecule has 0 aromatic heterocycles. The largest absolute Gasteiger partial charge is 1.00 e. The summed E-state index contributed by atoms with van der Waals surface area (Å²) in [6.45, 7) is 0. The Bertz CT molecular complexity index is 132. The third-order valence-electron chi connectivity index (χ3n) is 0.592. The van der Waals surface area contributed by atoms with Gasteiger partial charge in [0.1, 0.15) is 0 Å². The van der Waals surface area contributed by atoms with E-state index in [9.17, 15) is 9.90 Å². The number of nitrogens with one attached hydrogen (secondary N) is 1. The van der Waals surface area contributed by atoms with E-state index in [4.69, 9.17) is 0 Å². The van der Waals surface area contributed by atoms with Crippen LogP contribution in [0.3, 0.4) is 0 Å². The normalized spacial score (nSPS) is 14.4. The van der Waals surface area contributed by atoms with E-state index in [2.05, 4.69) is 5.43 Å². The van der Waals surface area contributed by atoms with Crippen LogP contribution in [0.15, 0.2) is 11.6 Å². The molecule has 44 valence electrons. The first-order chi connectivity index (χ1) is 3.80. The maximum absolute atomic E-state index is 9.89. The van der Waals surface area contributed by atoms with E-state index < -0.39 is 6.09 Å². The Morgan fingerprint density at radius 3 is 2.67 bits per heavy atom. The van der Waals surface area contributed by atoms with Crippen LogP contribution in [0.5, 0.6) is 0 Å². The Labute approximate surface area is 99.2 Å². The third kappa shape index (κ3) is 2.92. The maximum atomic E-state index is 9.89. The van der Waals surface area contributed by atoms with Gasteiger partial charge in [-0.05, 0) is 0 Å². The van der Waals surface area contributed by atoms with Crippen molar-refractivity contribution in [2.45, 2.75) is 0 Å². The van der Waals surface area contributed by atoms with Crippen LogP contribution in [0.25, 0.3) is 0 Å². The summed E-state index contributed by atoms with van der Waals surface area (Å²) in [7, 11) is 0. The first kappa shape index (κ1) is 9.80. The average Bonchev–Trinajstić information content (AvgIpc) is 2.12. The summed E-state index contributed by atoms with van der Waals surface area (Å²) >= 11 is 1.03. The van der Waals surface area contributed by atoms with Crippen LogP contribution in [0.1, 0.15) is 0 Å². The van der Waals surface area contributed by atoms with Crippen LogP contribution >= 0.6 is 11.9 Å². The fraction of sp³-hybridized carbons (Fsp3) is 0. The topological polar surface area (TPSA) is 55.4 Å². The van der Waals surface area contributed by atoms with Gasteiger partial charge in [-0.1, -0.05) is 0 Å². The Morgan fingerprint density at radius 1 is 1.78 bits per heavy atom. The molecule has 1 amide bonds. The molecule has 0 atom stereocenters. The molecule has 1 N–H and O–H groups in total. The molecule has 4 nitrogen and oxygen atoms in total. The molecule has 0 saturated heterocycles. The number of hydrazine groups is 1. The number of carbonyl (C=O) groups is 1. The van der Waals surface area contributed by atoms with Crippen molar-refractivity contribution in [3.63, 3.8) is 0 Å². The summed E-state index contributed by atoms with van der Waals surface area (Å²) in [6, 6.07) is 0. The molecule has 0 saturated carbocycles. The first-order valence-electron chi connectivity index (χ1n) is 1.90. The maximum Gasteiger partial charge on any atom is 1.00 e. The van der Waals surface area contributed by atoms with Crippen molar-refractivity contribution in [1.29, 1.82) is 0 Å². The van der Waals surface area contributed by atoms with Crippen molar-refractivity contribution >= 4 is 18.0 Å². The van der Waals surface area contributed by atoms with Gasteiger partial charge in [0.05, 0.1) is 0 Å². The van der Waals surface area contributed by atoms with Crippen molar-refractivity contribution in [2.75, 3.05) is 0 Å². The molecule has 0 fully saturated rings. The van der Waals surface area contributed by atoms with Crippen molar-refractivity contribution in [2.24, 2.45) is 0 Å². The average molecular weight is 170 g/mol. The zero-order valence-corrected chi connectivity index (χ0v) is 8.77. The van der Waals surface area contributed by atoms with Gasteiger partial charge < -0.3 is 9.90 Å². The molecule has 6 heteroatoms. The van der Waals surface area contributed by atoms with Gasteiger partial charge in [-0.15, -0.1) is 0 Å².